The van der Waals surface area contributed by atoms with Crippen LogP contribution in [0.15, 0.2) is 12.3 Å². The number of anilines is 1. The molecule has 1 saturated heterocycles. The van der Waals surface area contributed by atoms with E-state index in [0.717, 1.165) is 6.42 Å². The third kappa shape index (κ3) is 2.24. The lowest BCUT2D eigenvalue weighted by molar-refractivity contribution is -0.121. The van der Waals surface area contributed by atoms with Crippen LogP contribution in [0.3, 0.4) is 0 Å². The molecule has 2 amide bonds. The first-order valence-corrected chi connectivity index (χ1v) is 5.90. The Morgan fingerprint density at radius 2 is 2.22 bits per heavy atom. The van der Waals surface area contributed by atoms with Gasteiger partial charge in [-0.15, -0.1) is 0 Å². The highest BCUT2D eigenvalue weighted by atomic mass is 35.5. The second kappa shape index (κ2) is 4.81. The summed E-state index contributed by atoms with van der Waals surface area (Å²) in [4.78, 5) is 28.8. The van der Waals surface area contributed by atoms with Crippen molar-refractivity contribution in [2.75, 3.05) is 12.3 Å². The summed E-state index contributed by atoms with van der Waals surface area (Å²) in [6.45, 7) is 0.492. The fourth-order valence-electron chi connectivity index (χ4n) is 2.09. The Kier molecular flexibility index (Phi) is 3.38. The van der Waals surface area contributed by atoms with Gasteiger partial charge in [-0.2, -0.15) is 0 Å². The molecule has 2 heterocycles. The lowest BCUT2D eigenvalue weighted by Crippen LogP contribution is -2.43. The predicted octanol–water partition coefficient (Wildman–Crippen LogP) is 0.407. The number of rotatable bonds is 2. The zero-order chi connectivity index (χ0) is 13.3. The van der Waals surface area contributed by atoms with Crippen molar-refractivity contribution in [3.63, 3.8) is 0 Å². The second-order valence-electron chi connectivity index (χ2n) is 4.15. The van der Waals surface area contributed by atoms with Crippen LogP contribution in [0.2, 0.25) is 5.15 Å². The number of hydrogen-bond acceptors (Lipinski definition) is 4. The Morgan fingerprint density at radius 3 is 2.89 bits per heavy atom. The highest BCUT2D eigenvalue weighted by molar-refractivity contribution is 6.29. The predicted molar refractivity (Wildman–Crippen MR) is 66.9 cm³/mol. The van der Waals surface area contributed by atoms with E-state index < -0.39 is 11.9 Å². The van der Waals surface area contributed by atoms with Crippen molar-refractivity contribution in [2.45, 2.75) is 18.9 Å². The third-order valence-electron chi connectivity index (χ3n) is 2.97. The van der Waals surface area contributed by atoms with Gasteiger partial charge >= 0.3 is 0 Å². The summed E-state index contributed by atoms with van der Waals surface area (Å²) in [7, 11) is 0. The van der Waals surface area contributed by atoms with E-state index in [0.29, 0.717) is 13.0 Å². The molecule has 1 aromatic heterocycles. The number of likely N-dealkylation sites (tertiary alicyclic amines) is 1. The van der Waals surface area contributed by atoms with Crippen LogP contribution in [0.1, 0.15) is 23.2 Å². The van der Waals surface area contributed by atoms with Crippen LogP contribution < -0.4 is 11.5 Å². The number of aromatic nitrogens is 1. The molecule has 7 heteroatoms. The number of amides is 2. The number of halogens is 1. The first kappa shape index (κ1) is 12.6. The van der Waals surface area contributed by atoms with Crippen molar-refractivity contribution < 1.29 is 9.59 Å². The van der Waals surface area contributed by atoms with E-state index in [9.17, 15) is 9.59 Å². The molecule has 1 atom stereocenters. The van der Waals surface area contributed by atoms with Crippen molar-refractivity contribution >= 4 is 29.1 Å². The summed E-state index contributed by atoms with van der Waals surface area (Å²) in [5.74, 6) is -0.835. The van der Waals surface area contributed by atoms with Gasteiger partial charge in [0.25, 0.3) is 5.91 Å². The summed E-state index contributed by atoms with van der Waals surface area (Å²) in [5.41, 5.74) is 11.5. The smallest absolute Gasteiger partial charge is 0.256 e. The Morgan fingerprint density at radius 1 is 1.50 bits per heavy atom. The van der Waals surface area contributed by atoms with E-state index in [-0.39, 0.29) is 22.3 Å². The molecule has 0 bridgehead atoms. The van der Waals surface area contributed by atoms with Crippen molar-refractivity contribution in [3.05, 3.63) is 23.0 Å². The number of hydrogen-bond donors (Lipinski definition) is 2. The molecule has 0 radical (unpaired) electrons. The van der Waals surface area contributed by atoms with E-state index in [1.165, 1.54) is 17.2 Å². The molecule has 6 nitrogen and oxygen atoms in total. The largest absolute Gasteiger partial charge is 0.397 e. The van der Waals surface area contributed by atoms with Gasteiger partial charge in [0.2, 0.25) is 5.91 Å². The quantitative estimate of drug-likeness (QED) is 0.758. The molecule has 1 fully saturated rings. The van der Waals surface area contributed by atoms with Gasteiger partial charge in [0, 0.05) is 6.54 Å². The summed E-state index contributed by atoms with van der Waals surface area (Å²) < 4.78 is 0. The Balaban J connectivity index is 2.31. The zero-order valence-corrected chi connectivity index (χ0v) is 10.4. The lowest BCUT2D eigenvalue weighted by atomic mass is 10.1. The van der Waals surface area contributed by atoms with Gasteiger partial charge in [0.15, 0.2) is 0 Å². The van der Waals surface area contributed by atoms with Crippen LogP contribution in [0, 0.1) is 0 Å². The maximum Gasteiger partial charge on any atom is 0.256 e. The van der Waals surface area contributed by atoms with Crippen LogP contribution in [0.25, 0.3) is 0 Å². The molecule has 1 aliphatic rings. The zero-order valence-electron chi connectivity index (χ0n) is 9.60. The fourth-order valence-corrected chi connectivity index (χ4v) is 2.24. The van der Waals surface area contributed by atoms with E-state index in [1.807, 2.05) is 0 Å². The SMILES string of the molecule is NC(=O)C1CCCN1C(=O)c1cc(Cl)ncc1N. The normalized spacial score (nSPS) is 18.9. The van der Waals surface area contributed by atoms with Crippen LogP contribution in [0.4, 0.5) is 5.69 Å². The maximum atomic E-state index is 12.3. The summed E-state index contributed by atoms with van der Waals surface area (Å²) >= 11 is 5.74. The highest BCUT2D eigenvalue weighted by Crippen LogP contribution is 2.23. The average Bonchev–Trinajstić information content (AvgIpc) is 2.80. The molecule has 2 rings (SSSR count). The van der Waals surface area contributed by atoms with Gasteiger partial charge in [0.1, 0.15) is 11.2 Å². The topological polar surface area (TPSA) is 102 Å². The Bertz CT molecular complexity index is 506. The number of carbonyl (C=O) groups is 2. The van der Waals surface area contributed by atoms with Crippen molar-refractivity contribution in [1.82, 2.24) is 9.88 Å². The molecule has 18 heavy (non-hydrogen) atoms. The van der Waals surface area contributed by atoms with Crippen molar-refractivity contribution in [3.8, 4) is 0 Å². The minimum Gasteiger partial charge on any atom is -0.397 e. The van der Waals surface area contributed by atoms with E-state index in [1.54, 1.807) is 0 Å². The van der Waals surface area contributed by atoms with E-state index in [4.69, 9.17) is 23.1 Å². The minimum atomic E-state index is -0.566. The molecule has 1 aliphatic heterocycles. The molecule has 1 aromatic rings. The van der Waals surface area contributed by atoms with Gasteiger partial charge in [-0.1, -0.05) is 11.6 Å². The van der Waals surface area contributed by atoms with Crippen molar-refractivity contribution in [2.24, 2.45) is 5.73 Å². The van der Waals surface area contributed by atoms with Crippen molar-refractivity contribution in [1.29, 1.82) is 0 Å². The Hall–Kier alpha value is -1.82. The first-order valence-electron chi connectivity index (χ1n) is 5.52. The second-order valence-corrected chi connectivity index (χ2v) is 4.54. The molecular formula is C11H13ClN4O2. The highest BCUT2D eigenvalue weighted by Gasteiger charge is 2.33. The third-order valence-corrected chi connectivity index (χ3v) is 3.18. The number of nitrogens with two attached hydrogens (primary N) is 2. The monoisotopic (exact) mass is 268 g/mol. The molecule has 0 saturated carbocycles. The Labute approximate surface area is 109 Å². The van der Waals surface area contributed by atoms with Crippen LogP contribution >= 0.6 is 11.6 Å². The van der Waals surface area contributed by atoms with Gasteiger partial charge in [0.05, 0.1) is 17.4 Å². The van der Waals surface area contributed by atoms with Gasteiger partial charge in [-0.05, 0) is 18.9 Å². The van der Waals surface area contributed by atoms with Gasteiger partial charge < -0.3 is 16.4 Å². The molecular weight excluding hydrogens is 256 g/mol. The number of nitrogens with zero attached hydrogens (tertiary/aromatic N) is 2. The van der Waals surface area contributed by atoms with E-state index >= 15 is 0 Å². The van der Waals surface area contributed by atoms with Crippen LogP contribution in [0.5, 0.6) is 0 Å². The number of nitrogen functional groups attached to an aromatic ring is 1. The molecule has 0 aromatic carbocycles. The summed E-state index contributed by atoms with van der Waals surface area (Å²) in [6.07, 6.45) is 2.66. The first-order chi connectivity index (χ1) is 8.50. The number of primary amides is 1. The summed E-state index contributed by atoms with van der Waals surface area (Å²) in [5, 5.41) is 0.183. The van der Waals surface area contributed by atoms with Crippen LogP contribution in [-0.2, 0) is 4.79 Å². The minimum absolute atomic E-state index is 0.183. The maximum absolute atomic E-state index is 12.3. The fraction of sp³-hybridized carbons (Fsp3) is 0.364. The molecule has 96 valence electrons. The molecule has 1 unspecified atom stereocenters. The van der Waals surface area contributed by atoms with E-state index in [2.05, 4.69) is 4.98 Å². The molecule has 4 N–H and O–H groups in total. The summed E-state index contributed by atoms with van der Waals surface area (Å²) in [6, 6.07) is 0.833. The number of pyridine rings is 1. The molecule has 0 aliphatic carbocycles. The number of carbonyl (C=O) groups excluding carboxylic acids is 2. The standard InChI is InChI=1S/C11H13ClN4O2/c12-9-4-6(7(13)5-15-9)11(18)16-3-1-2-8(16)10(14)17/h4-5,8H,1-3,13H2,(H2,14,17). The average molecular weight is 269 g/mol. The van der Waals surface area contributed by atoms with Gasteiger partial charge in [-0.25, -0.2) is 4.98 Å². The van der Waals surface area contributed by atoms with Crippen LogP contribution in [-0.4, -0.2) is 34.3 Å². The van der Waals surface area contributed by atoms with Gasteiger partial charge in [-0.3, -0.25) is 9.59 Å². The molecule has 0 spiro atoms. The lowest BCUT2D eigenvalue weighted by Gasteiger charge is -2.22.